The molecule has 0 radical (unpaired) electrons. The fourth-order valence-corrected chi connectivity index (χ4v) is 1.35. The summed E-state index contributed by atoms with van der Waals surface area (Å²) in [6.45, 7) is 0. The third-order valence-corrected chi connectivity index (χ3v) is 2.05. The first kappa shape index (κ1) is 8.96. The molecule has 14 heavy (non-hydrogen) atoms. The second-order valence-corrected chi connectivity index (χ2v) is 2.99. The summed E-state index contributed by atoms with van der Waals surface area (Å²) in [6, 6.07) is 5.30. The molecule has 5 nitrogen and oxygen atoms in total. The minimum absolute atomic E-state index is 0.509. The van der Waals surface area contributed by atoms with Crippen molar-refractivity contribution in [3.05, 3.63) is 23.2 Å². The van der Waals surface area contributed by atoms with Crippen LogP contribution < -0.4 is 4.74 Å². The molecule has 2 aromatic rings. The Balaban J connectivity index is 2.43. The molecule has 6 heteroatoms. The number of hydrogen-bond donors (Lipinski definition) is 1. The standard InChI is InChI=1S/C8H7ClN4O/c1-14-7-3-2-5(4-6(7)9)8-10-12-13-11-8/h2-4H,1H3,(H,10,11,12,13). The van der Waals surface area contributed by atoms with E-state index in [2.05, 4.69) is 20.6 Å². The number of nitrogens with zero attached hydrogens (tertiary/aromatic N) is 3. The van der Waals surface area contributed by atoms with E-state index in [0.717, 1.165) is 5.56 Å². The van der Waals surface area contributed by atoms with Gasteiger partial charge in [0.05, 0.1) is 12.1 Å². The molecule has 1 aromatic heterocycles. The van der Waals surface area contributed by atoms with E-state index in [4.69, 9.17) is 16.3 Å². The largest absolute Gasteiger partial charge is 0.495 e. The summed E-state index contributed by atoms with van der Waals surface area (Å²) in [6.07, 6.45) is 0. The molecule has 0 aliphatic heterocycles. The summed E-state index contributed by atoms with van der Waals surface area (Å²) in [5, 5.41) is 14.0. The highest BCUT2D eigenvalue weighted by atomic mass is 35.5. The highest BCUT2D eigenvalue weighted by molar-refractivity contribution is 6.32. The van der Waals surface area contributed by atoms with E-state index >= 15 is 0 Å². The van der Waals surface area contributed by atoms with E-state index < -0.39 is 0 Å². The highest BCUT2D eigenvalue weighted by Crippen LogP contribution is 2.28. The van der Waals surface area contributed by atoms with Gasteiger partial charge in [-0.15, -0.1) is 10.2 Å². The number of hydrogen-bond acceptors (Lipinski definition) is 4. The molecule has 1 aromatic carbocycles. The van der Waals surface area contributed by atoms with Gasteiger partial charge in [0.25, 0.3) is 0 Å². The molecule has 0 amide bonds. The number of nitrogens with one attached hydrogen (secondary N) is 1. The van der Waals surface area contributed by atoms with Gasteiger partial charge in [0.2, 0.25) is 5.82 Å². The smallest absolute Gasteiger partial charge is 0.204 e. The maximum Gasteiger partial charge on any atom is 0.204 e. The van der Waals surface area contributed by atoms with Gasteiger partial charge >= 0.3 is 0 Å². The molecule has 2 rings (SSSR count). The van der Waals surface area contributed by atoms with Crippen molar-refractivity contribution in [2.45, 2.75) is 0 Å². The number of tetrazole rings is 1. The maximum absolute atomic E-state index is 5.94. The van der Waals surface area contributed by atoms with Crippen LogP contribution in [0.4, 0.5) is 0 Å². The monoisotopic (exact) mass is 210 g/mol. The molecular formula is C8H7ClN4O. The van der Waals surface area contributed by atoms with Crippen molar-refractivity contribution in [2.24, 2.45) is 0 Å². The molecule has 0 aliphatic rings. The van der Waals surface area contributed by atoms with Crippen molar-refractivity contribution in [1.82, 2.24) is 20.6 Å². The number of aromatic nitrogens is 4. The van der Waals surface area contributed by atoms with Crippen molar-refractivity contribution in [3.8, 4) is 17.1 Å². The SMILES string of the molecule is COc1ccc(-c2nn[nH]n2)cc1Cl. The summed E-state index contributed by atoms with van der Waals surface area (Å²) in [7, 11) is 1.56. The van der Waals surface area contributed by atoms with Crippen molar-refractivity contribution >= 4 is 11.6 Å². The first-order valence-corrected chi connectivity index (χ1v) is 4.26. The van der Waals surface area contributed by atoms with Gasteiger partial charge in [0.1, 0.15) is 5.75 Å². The topological polar surface area (TPSA) is 63.7 Å². The Labute approximate surface area is 85.0 Å². The van der Waals surface area contributed by atoms with Crippen LogP contribution in [0.25, 0.3) is 11.4 Å². The number of aromatic amines is 1. The molecule has 0 bridgehead atoms. The predicted octanol–water partition coefficient (Wildman–Crippen LogP) is 1.53. The van der Waals surface area contributed by atoms with E-state index in [1.807, 2.05) is 6.07 Å². The zero-order valence-corrected chi connectivity index (χ0v) is 8.12. The van der Waals surface area contributed by atoms with Gasteiger partial charge in [-0.25, -0.2) is 0 Å². The Morgan fingerprint density at radius 3 is 2.86 bits per heavy atom. The predicted molar refractivity (Wildman–Crippen MR) is 51.2 cm³/mol. The van der Waals surface area contributed by atoms with Gasteiger partial charge in [-0.1, -0.05) is 11.6 Å². The van der Waals surface area contributed by atoms with Crippen LogP contribution in [0.1, 0.15) is 0 Å². The van der Waals surface area contributed by atoms with Crippen LogP contribution in [-0.4, -0.2) is 27.7 Å². The van der Waals surface area contributed by atoms with Gasteiger partial charge in [0, 0.05) is 5.56 Å². The lowest BCUT2D eigenvalue weighted by atomic mass is 10.2. The lowest BCUT2D eigenvalue weighted by molar-refractivity contribution is 0.415. The molecule has 0 saturated heterocycles. The van der Waals surface area contributed by atoms with Gasteiger partial charge in [-0.2, -0.15) is 5.21 Å². The first-order chi connectivity index (χ1) is 6.81. The summed E-state index contributed by atoms with van der Waals surface area (Å²) < 4.78 is 5.02. The normalized spacial score (nSPS) is 10.1. The van der Waals surface area contributed by atoms with Crippen LogP contribution >= 0.6 is 11.6 Å². The lowest BCUT2D eigenvalue weighted by Gasteiger charge is -2.02. The number of ether oxygens (including phenoxy) is 1. The Hall–Kier alpha value is -1.62. The summed E-state index contributed by atoms with van der Waals surface area (Å²) in [4.78, 5) is 0. The van der Waals surface area contributed by atoms with Crippen molar-refractivity contribution < 1.29 is 4.74 Å². The van der Waals surface area contributed by atoms with Gasteiger partial charge in [-0.3, -0.25) is 0 Å². The second-order valence-electron chi connectivity index (χ2n) is 2.58. The highest BCUT2D eigenvalue weighted by Gasteiger charge is 2.06. The molecule has 1 N–H and O–H groups in total. The quantitative estimate of drug-likeness (QED) is 0.817. The van der Waals surface area contributed by atoms with Crippen LogP contribution in [0.3, 0.4) is 0 Å². The Morgan fingerprint density at radius 1 is 1.43 bits per heavy atom. The molecule has 0 spiro atoms. The van der Waals surface area contributed by atoms with Crippen LogP contribution in [0.5, 0.6) is 5.75 Å². The number of methoxy groups -OCH3 is 1. The first-order valence-electron chi connectivity index (χ1n) is 3.88. The summed E-state index contributed by atoms with van der Waals surface area (Å²) >= 11 is 5.94. The average molecular weight is 211 g/mol. The van der Waals surface area contributed by atoms with E-state index in [9.17, 15) is 0 Å². The van der Waals surface area contributed by atoms with Crippen LogP contribution in [0.15, 0.2) is 18.2 Å². The molecule has 0 atom stereocenters. The van der Waals surface area contributed by atoms with Gasteiger partial charge in [-0.05, 0) is 23.4 Å². The van der Waals surface area contributed by atoms with Crippen LogP contribution in [0, 0.1) is 0 Å². The number of halogens is 1. The maximum atomic E-state index is 5.94. The van der Waals surface area contributed by atoms with E-state index in [1.165, 1.54) is 0 Å². The number of benzene rings is 1. The van der Waals surface area contributed by atoms with E-state index in [1.54, 1.807) is 19.2 Å². The molecule has 0 aliphatic carbocycles. The number of H-pyrrole nitrogens is 1. The minimum atomic E-state index is 0.509. The molecule has 0 fully saturated rings. The molecular weight excluding hydrogens is 204 g/mol. The summed E-state index contributed by atoms with van der Waals surface area (Å²) in [5.74, 6) is 1.13. The fourth-order valence-electron chi connectivity index (χ4n) is 1.09. The molecule has 0 saturated carbocycles. The fraction of sp³-hybridized carbons (Fsp3) is 0.125. The molecule has 0 unspecified atom stereocenters. The molecule has 72 valence electrons. The zero-order chi connectivity index (χ0) is 9.97. The van der Waals surface area contributed by atoms with Crippen molar-refractivity contribution in [1.29, 1.82) is 0 Å². The van der Waals surface area contributed by atoms with Crippen molar-refractivity contribution in [2.75, 3.05) is 7.11 Å². The van der Waals surface area contributed by atoms with Crippen LogP contribution in [0.2, 0.25) is 5.02 Å². The van der Waals surface area contributed by atoms with Crippen molar-refractivity contribution in [3.63, 3.8) is 0 Å². The van der Waals surface area contributed by atoms with Crippen LogP contribution in [-0.2, 0) is 0 Å². The van der Waals surface area contributed by atoms with E-state index in [0.29, 0.717) is 16.6 Å². The lowest BCUT2D eigenvalue weighted by Crippen LogP contribution is -1.86. The zero-order valence-electron chi connectivity index (χ0n) is 7.36. The second kappa shape index (κ2) is 3.63. The van der Waals surface area contributed by atoms with E-state index in [-0.39, 0.29) is 0 Å². The summed E-state index contributed by atoms with van der Waals surface area (Å²) in [5.41, 5.74) is 0.796. The number of rotatable bonds is 2. The third kappa shape index (κ3) is 1.54. The minimum Gasteiger partial charge on any atom is -0.495 e. The average Bonchev–Trinajstić information content (AvgIpc) is 2.70. The Kier molecular flexibility index (Phi) is 2.32. The Bertz CT molecular complexity index is 429. The van der Waals surface area contributed by atoms with Gasteiger partial charge in [0.15, 0.2) is 0 Å². The van der Waals surface area contributed by atoms with Gasteiger partial charge < -0.3 is 4.74 Å². The third-order valence-electron chi connectivity index (χ3n) is 1.76. The Morgan fingerprint density at radius 2 is 2.29 bits per heavy atom. The molecule has 1 heterocycles.